The van der Waals surface area contributed by atoms with Crippen LogP contribution in [0, 0.1) is 34.5 Å². The second kappa shape index (κ2) is 4.87. The molecule has 4 rings (SSSR count). The van der Waals surface area contributed by atoms with Crippen LogP contribution in [-0.4, -0.2) is 16.6 Å². The molecule has 4 saturated carbocycles. The molecule has 1 nitrogen and oxygen atoms in total. The van der Waals surface area contributed by atoms with E-state index in [1.807, 2.05) is 0 Å². The number of fused-ring (bicyclic) bond motifs is 5. The van der Waals surface area contributed by atoms with Gasteiger partial charge < -0.3 is 5.11 Å². The fraction of sp³-hybridized carbons (Fsp3) is 1.00. The van der Waals surface area contributed by atoms with Crippen molar-refractivity contribution in [2.75, 3.05) is 0 Å². The Hall–Kier alpha value is 0.250. The van der Waals surface area contributed by atoms with Crippen molar-refractivity contribution in [2.45, 2.75) is 83.1 Å². The predicted octanol–water partition coefficient (Wildman–Crippen LogP) is 5.00. The fourth-order valence-corrected chi connectivity index (χ4v) is 7.50. The van der Waals surface area contributed by atoms with Gasteiger partial charge in [-0.15, -0.1) is 11.6 Å². The monoisotopic (exact) mass is 310 g/mol. The molecule has 4 aliphatic rings. The van der Waals surface area contributed by atoms with Crippen molar-refractivity contribution >= 4 is 11.6 Å². The summed E-state index contributed by atoms with van der Waals surface area (Å²) < 4.78 is 0. The second-order valence-electron chi connectivity index (χ2n) is 9.17. The number of alkyl halides is 1. The van der Waals surface area contributed by atoms with Crippen LogP contribution in [0.1, 0.15) is 71.6 Å². The smallest absolute Gasteiger partial charge is 0.0596 e. The van der Waals surface area contributed by atoms with Gasteiger partial charge in [-0.05, 0) is 92.3 Å². The summed E-state index contributed by atoms with van der Waals surface area (Å²) in [5, 5.41) is 10.9. The Balaban J connectivity index is 1.62. The molecule has 8 atom stereocenters. The topological polar surface area (TPSA) is 20.2 Å². The summed E-state index contributed by atoms with van der Waals surface area (Å²) in [7, 11) is 0. The maximum Gasteiger partial charge on any atom is 0.0596 e. The van der Waals surface area contributed by atoms with Gasteiger partial charge in [0, 0.05) is 5.38 Å². The van der Waals surface area contributed by atoms with E-state index in [-0.39, 0.29) is 11.5 Å². The second-order valence-corrected chi connectivity index (χ2v) is 9.78. The zero-order valence-electron chi connectivity index (χ0n) is 13.7. The van der Waals surface area contributed by atoms with E-state index in [1.165, 1.54) is 51.4 Å². The number of aliphatic hydroxyl groups is 1. The molecule has 4 fully saturated rings. The number of aliphatic hydroxyl groups excluding tert-OH is 1. The lowest BCUT2D eigenvalue weighted by atomic mass is 9.45. The molecule has 0 aromatic rings. The van der Waals surface area contributed by atoms with E-state index in [2.05, 4.69) is 13.8 Å². The highest BCUT2D eigenvalue weighted by Gasteiger charge is 2.59. The largest absolute Gasteiger partial charge is 0.393 e. The lowest BCUT2D eigenvalue weighted by Crippen LogP contribution is -2.54. The van der Waals surface area contributed by atoms with Gasteiger partial charge in [-0.25, -0.2) is 0 Å². The molecule has 0 radical (unpaired) electrons. The molecule has 0 aromatic carbocycles. The predicted molar refractivity (Wildman–Crippen MR) is 87.4 cm³/mol. The number of hydrogen-bond donors (Lipinski definition) is 1. The third-order valence-electron chi connectivity index (χ3n) is 8.55. The SMILES string of the molecule is C[C@]12CCC(Cl)CC1CC[C@@H]1[C@H]2CC[C@]2(C)C(O)CC[C@@H]12. The van der Waals surface area contributed by atoms with E-state index >= 15 is 0 Å². The van der Waals surface area contributed by atoms with Gasteiger partial charge in [0.2, 0.25) is 0 Å². The Kier molecular flexibility index (Phi) is 3.44. The average molecular weight is 311 g/mol. The minimum atomic E-state index is -0.0347. The van der Waals surface area contributed by atoms with Crippen LogP contribution >= 0.6 is 11.6 Å². The fourth-order valence-electron chi connectivity index (χ4n) is 7.18. The molecule has 21 heavy (non-hydrogen) atoms. The number of halogens is 1. The summed E-state index contributed by atoms with van der Waals surface area (Å²) in [5.74, 6) is 3.45. The molecule has 1 N–H and O–H groups in total. The molecule has 2 heteroatoms. The number of rotatable bonds is 0. The van der Waals surface area contributed by atoms with Crippen LogP contribution in [0.4, 0.5) is 0 Å². The van der Waals surface area contributed by atoms with E-state index in [0.717, 1.165) is 30.1 Å². The van der Waals surface area contributed by atoms with E-state index < -0.39 is 0 Å². The maximum absolute atomic E-state index is 10.5. The zero-order chi connectivity index (χ0) is 14.8. The number of hydrogen-bond acceptors (Lipinski definition) is 1. The summed E-state index contributed by atoms with van der Waals surface area (Å²) in [4.78, 5) is 0. The Morgan fingerprint density at radius 3 is 2.38 bits per heavy atom. The Bertz CT molecular complexity index is 424. The van der Waals surface area contributed by atoms with Crippen molar-refractivity contribution in [1.82, 2.24) is 0 Å². The highest BCUT2D eigenvalue weighted by atomic mass is 35.5. The van der Waals surface area contributed by atoms with Gasteiger partial charge in [-0.3, -0.25) is 0 Å². The van der Waals surface area contributed by atoms with Crippen LogP contribution in [0.2, 0.25) is 0 Å². The standard InChI is InChI=1S/C19H31ClO/c1-18-9-7-13(20)11-12(18)3-4-14-15-5-6-17(21)19(15,2)10-8-16(14)18/h12-17,21H,3-11H2,1-2H3/t12?,13?,14-,15-,16+,17?,18-,19-/m0/s1. The lowest BCUT2D eigenvalue weighted by molar-refractivity contribution is -0.120. The van der Waals surface area contributed by atoms with Crippen molar-refractivity contribution < 1.29 is 5.11 Å². The maximum atomic E-state index is 10.5. The molecule has 0 aromatic heterocycles. The molecule has 0 saturated heterocycles. The molecular formula is C19H31ClO. The van der Waals surface area contributed by atoms with Gasteiger partial charge in [0.1, 0.15) is 0 Å². The van der Waals surface area contributed by atoms with Gasteiger partial charge in [-0.1, -0.05) is 13.8 Å². The summed E-state index contributed by atoms with van der Waals surface area (Å²) in [5.41, 5.74) is 0.775. The molecule has 0 amide bonds. The lowest BCUT2D eigenvalue weighted by Gasteiger charge is -2.60. The van der Waals surface area contributed by atoms with Gasteiger partial charge in [0.05, 0.1) is 6.10 Å². The summed E-state index contributed by atoms with van der Waals surface area (Å²) in [6.07, 6.45) is 11.5. The van der Waals surface area contributed by atoms with Crippen LogP contribution in [0.15, 0.2) is 0 Å². The first-order valence-corrected chi connectivity index (χ1v) is 9.71. The van der Waals surface area contributed by atoms with E-state index in [0.29, 0.717) is 10.8 Å². The van der Waals surface area contributed by atoms with Crippen LogP contribution in [0.3, 0.4) is 0 Å². The molecular weight excluding hydrogens is 280 g/mol. The first-order chi connectivity index (χ1) is 9.95. The minimum absolute atomic E-state index is 0.0347. The molecule has 0 aliphatic heterocycles. The molecule has 3 unspecified atom stereocenters. The summed E-state index contributed by atoms with van der Waals surface area (Å²) in [6, 6.07) is 0. The highest BCUT2D eigenvalue weighted by molar-refractivity contribution is 6.20. The molecule has 120 valence electrons. The Labute approximate surface area is 134 Å². The van der Waals surface area contributed by atoms with Crippen LogP contribution in [0.5, 0.6) is 0 Å². The van der Waals surface area contributed by atoms with Crippen molar-refractivity contribution in [3.63, 3.8) is 0 Å². The van der Waals surface area contributed by atoms with E-state index in [4.69, 9.17) is 11.6 Å². The third-order valence-corrected chi connectivity index (χ3v) is 8.95. The molecule has 0 spiro atoms. The average Bonchev–Trinajstić information content (AvgIpc) is 2.76. The van der Waals surface area contributed by atoms with Crippen molar-refractivity contribution in [1.29, 1.82) is 0 Å². The van der Waals surface area contributed by atoms with Crippen LogP contribution in [0.25, 0.3) is 0 Å². The van der Waals surface area contributed by atoms with E-state index in [9.17, 15) is 5.11 Å². The highest BCUT2D eigenvalue weighted by Crippen LogP contribution is 2.66. The van der Waals surface area contributed by atoms with Crippen LogP contribution < -0.4 is 0 Å². The zero-order valence-corrected chi connectivity index (χ0v) is 14.4. The first kappa shape index (κ1) is 14.8. The van der Waals surface area contributed by atoms with Gasteiger partial charge in [0.15, 0.2) is 0 Å². The summed E-state index contributed by atoms with van der Waals surface area (Å²) >= 11 is 6.47. The minimum Gasteiger partial charge on any atom is -0.393 e. The normalized spacial score (nSPS) is 60.0. The molecule has 0 heterocycles. The van der Waals surface area contributed by atoms with Gasteiger partial charge >= 0.3 is 0 Å². The van der Waals surface area contributed by atoms with Gasteiger partial charge in [-0.2, -0.15) is 0 Å². The van der Waals surface area contributed by atoms with Crippen molar-refractivity contribution in [3.05, 3.63) is 0 Å². The first-order valence-electron chi connectivity index (χ1n) is 9.27. The Morgan fingerprint density at radius 2 is 1.57 bits per heavy atom. The van der Waals surface area contributed by atoms with Crippen molar-refractivity contribution in [2.24, 2.45) is 34.5 Å². The quantitative estimate of drug-likeness (QED) is 0.624. The third kappa shape index (κ3) is 1.99. The van der Waals surface area contributed by atoms with Crippen molar-refractivity contribution in [3.8, 4) is 0 Å². The molecule has 0 bridgehead atoms. The summed E-state index contributed by atoms with van der Waals surface area (Å²) in [6.45, 7) is 4.97. The van der Waals surface area contributed by atoms with Crippen LogP contribution in [-0.2, 0) is 0 Å². The Morgan fingerprint density at radius 1 is 0.857 bits per heavy atom. The van der Waals surface area contributed by atoms with Gasteiger partial charge in [0.25, 0.3) is 0 Å². The van der Waals surface area contributed by atoms with E-state index in [1.54, 1.807) is 0 Å². The molecule has 4 aliphatic carbocycles.